The maximum atomic E-state index is 12.4. The van der Waals surface area contributed by atoms with Gasteiger partial charge in [-0.05, 0) is 23.8 Å². The third kappa shape index (κ3) is 3.99. The molecule has 0 bridgehead atoms. The number of carbonyl (C=O) groups excluding carboxylic acids is 1. The molecule has 0 spiro atoms. The van der Waals surface area contributed by atoms with E-state index in [4.69, 9.17) is 9.47 Å². The van der Waals surface area contributed by atoms with E-state index in [0.29, 0.717) is 44.5 Å². The number of benzene rings is 1. The number of hydrogen-bond donors (Lipinski definition) is 1. The van der Waals surface area contributed by atoms with E-state index < -0.39 is 0 Å². The molecule has 0 aliphatic carbocycles. The number of anilines is 1. The Labute approximate surface area is 140 Å². The summed E-state index contributed by atoms with van der Waals surface area (Å²) in [4.78, 5) is 22.7. The van der Waals surface area contributed by atoms with Crippen molar-refractivity contribution in [3.8, 4) is 5.75 Å². The van der Waals surface area contributed by atoms with Gasteiger partial charge in [0.15, 0.2) is 0 Å². The second-order valence-corrected chi connectivity index (χ2v) is 5.37. The number of hydrogen-bond acceptors (Lipinski definition) is 6. The van der Waals surface area contributed by atoms with Gasteiger partial charge in [0.2, 0.25) is 5.95 Å². The zero-order valence-corrected chi connectivity index (χ0v) is 13.6. The van der Waals surface area contributed by atoms with Crippen LogP contribution in [0.4, 0.5) is 5.95 Å². The molecule has 0 saturated carbocycles. The predicted molar refractivity (Wildman–Crippen MR) is 89.1 cm³/mol. The van der Waals surface area contributed by atoms with E-state index in [2.05, 4.69) is 15.3 Å². The standard InChI is InChI=1S/C17H20N4O3/c1-23-14-4-2-13(3-5-14)12-19-17-18-7-6-15(20-17)16(22)21-8-10-24-11-9-21/h2-7H,8-12H2,1H3,(H,18,19,20). The molecule has 0 atom stereocenters. The van der Waals surface area contributed by atoms with Crippen molar-refractivity contribution < 1.29 is 14.3 Å². The van der Waals surface area contributed by atoms with Crippen molar-refractivity contribution in [2.24, 2.45) is 0 Å². The molecule has 7 heteroatoms. The Morgan fingerprint density at radius 2 is 2.00 bits per heavy atom. The number of nitrogens with zero attached hydrogens (tertiary/aromatic N) is 3. The van der Waals surface area contributed by atoms with Gasteiger partial charge in [-0.25, -0.2) is 9.97 Å². The third-order valence-electron chi connectivity index (χ3n) is 3.78. The van der Waals surface area contributed by atoms with Gasteiger partial charge in [-0.15, -0.1) is 0 Å². The van der Waals surface area contributed by atoms with E-state index in [1.165, 1.54) is 0 Å². The van der Waals surface area contributed by atoms with Crippen molar-refractivity contribution in [3.05, 3.63) is 47.8 Å². The normalized spacial score (nSPS) is 14.3. The average Bonchev–Trinajstić information content (AvgIpc) is 2.67. The number of amides is 1. The summed E-state index contributed by atoms with van der Waals surface area (Å²) in [5.41, 5.74) is 1.47. The number of morpholine rings is 1. The van der Waals surface area contributed by atoms with Crippen LogP contribution in [0.2, 0.25) is 0 Å². The molecule has 1 N–H and O–H groups in total. The molecule has 0 unspecified atom stereocenters. The monoisotopic (exact) mass is 328 g/mol. The quantitative estimate of drug-likeness (QED) is 0.898. The maximum Gasteiger partial charge on any atom is 0.272 e. The van der Waals surface area contributed by atoms with Gasteiger partial charge in [-0.1, -0.05) is 12.1 Å². The largest absolute Gasteiger partial charge is 0.497 e. The van der Waals surface area contributed by atoms with Crippen LogP contribution in [0.1, 0.15) is 16.1 Å². The van der Waals surface area contributed by atoms with Crippen LogP contribution in [-0.2, 0) is 11.3 Å². The van der Waals surface area contributed by atoms with E-state index in [-0.39, 0.29) is 5.91 Å². The molecule has 1 aromatic heterocycles. The Morgan fingerprint density at radius 3 is 2.71 bits per heavy atom. The summed E-state index contributed by atoms with van der Waals surface area (Å²) >= 11 is 0. The molecule has 3 rings (SSSR count). The van der Waals surface area contributed by atoms with Crippen molar-refractivity contribution >= 4 is 11.9 Å². The summed E-state index contributed by atoms with van der Waals surface area (Å²) in [7, 11) is 1.64. The van der Waals surface area contributed by atoms with Crippen LogP contribution in [0.3, 0.4) is 0 Å². The molecule has 1 aliphatic heterocycles. The molecule has 0 radical (unpaired) electrons. The molecule has 126 valence electrons. The van der Waals surface area contributed by atoms with Crippen LogP contribution < -0.4 is 10.1 Å². The van der Waals surface area contributed by atoms with E-state index in [9.17, 15) is 4.79 Å². The first-order chi connectivity index (χ1) is 11.8. The lowest BCUT2D eigenvalue weighted by atomic mass is 10.2. The fourth-order valence-electron chi connectivity index (χ4n) is 2.42. The highest BCUT2D eigenvalue weighted by Gasteiger charge is 2.19. The summed E-state index contributed by atoms with van der Waals surface area (Å²) in [5.74, 6) is 1.16. The SMILES string of the molecule is COc1ccc(CNc2nccc(C(=O)N3CCOCC3)n2)cc1. The van der Waals surface area contributed by atoms with Crippen molar-refractivity contribution in [2.45, 2.75) is 6.54 Å². The second kappa shape index (κ2) is 7.74. The molecule has 2 heterocycles. The first-order valence-electron chi connectivity index (χ1n) is 7.83. The highest BCUT2D eigenvalue weighted by atomic mass is 16.5. The van der Waals surface area contributed by atoms with Crippen LogP contribution in [0.15, 0.2) is 36.5 Å². The molecular weight excluding hydrogens is 308 g/mol. The first kappa shape index (κ1) is 16.2. The van der Waals surface area contributed by atoms with Crippen LogP contribution >= 0.6 is 0 Å². The first-order valence-corrected chi connectivity index (χ1v) is 7.83. The van der Waals surface area contributed by atoms with Gasteiger partial charge in [-0.2, -0.15) is 0 Å². The van der Waals surface area contributed by atoms with Gasteiger partial charge in [0.25, 0.3) is 5.91 Å². The van der Waals surface area contributed by atoms with Crippen molar-refractivity contribution in [2.75, 3.05) is 38.7 Å². The minimum Gasteiger partial charge on any atom is -0.497 e. The smallest absolute Gasteiger partial charge is 0.272 e. The lowest BCUT2D eigenvalue weighted by molar-refractivity contribution is 0.0299. The van der Waals surface area contributed by atoms with Crippen LogP contribution in [-0.4, -0.2) is 54.2 Å². The molecule has 1 fully saturated rings. The summed E-state index contributed by atoms with van der Waals surface area (Å²) in [5, 5.41) is 3.14. The molecule has 7 nitrogen and oxygen atoms in total. The fourth-order valence-corrected chi connectivity index (χ4v) is 2.42. The van der Waals surface area contributed by atoms with E-state index in [1.54, 1.807) is 24.3 Å². The Bertz CT molecular complexity index is 684. The molecule has 1 aliphatic rings. The minimum atomic E-state index is -0.0896. The molecule has 2 aromatic rings. The summed E-state index contributed by atoms with van der Waals surface area (Å²) in [6, 6.07) is 9.37. The van der Waals surface area contributed by atoms with Crippen LogP contribution in [0.25, 0.3) is 0 Å². The Balaban J connectivity index is 1.62. The summed E-state index contributed by atoms with van der Waals surface area (Å²) in [6.07, 6.45) is 1.59. The van der Waals surface area contributed by atoms with Gasteiger partial charge in [0.05, 0.1) is 20.3 Å². The minimum absolute atomic E-state index is 0.0896. The average molecular weight is 328 g/mol. The lowest BCUT2D eigenvalue weighted by Gasteiger charge is -2.26. The number of carbonyl (C=O) groups is 1. The van der Waals surface area contributed by atoms with Crippen LogP contribution in [0, 0.1) is 0 Å². The summed E-state index contributed by atoms with van der Waals surface area (Å²) < 4.78 is 10.4. The number of aromatic nitrogens is 2. The molecule has 1 saturated heterocycles. The fraction of sp³-hybridized carbons (Fsp3) is 0.353. The zero-order chi connectivity index (χ0) is 16.8. The van der Waals surface area contributed by atoms with Gasteiger partial charge in [-0.3, -0.25) is 4.79 Å². The van der Waals surface area contributed by atoms with E-state index in [0.717, 1.165) is 11.3 Å². The van der Waals surface area contributed by atoms with Gasteiger partial charge < -0.3 is 19.7 Å². The predicted octanol–water partition coefficient (Wildman–Crippen LogP) is 1.57. The number of rotatable bonds is 5. The van der Waals surface area contributed by atoms with Gasteiger partial charge in [0, 0.05) is 25.8 Å². The number of ether oxygens (including phenoxy) is 2. The van der Waals surface area contributed by atoms with Crippen molar-refractivity contribution in [1.82, 2.24) is 14.9 Å². The van der Waals surface area contributed by atoms with Crippen molar-refractivity contribution in [3.63, 3.8) is 0 Å². The topological polar surface area (TPSA) is 76.6 Å². The Kier molecular flexibility index (Phi) is 5.22. The zero-order valence-electron chi connectivity index (χ0n) is 13.6. The molecule has 24 heavy (non-hydrogen) atoms. The third-order valence-corrected chi connectivity index (χ3v) is 3.78. The van der Waals surface area contributed by atoms with Crippen molar-refractivity contribution in [1.29, 1.82) is 0 Å². The lowest BCUT2D eigenvalue weighted by Crippen LogP contribution is -2.41. The molecule has 1 amide bonds. The Hall–Kier alpha value is -2.67. The van der Waals surface area contributed by atoms with Gasteiger partial charge in [0.1, 0.15) is 11.4 Å². The van der Waals surface area contributed by atoms with E-state index >= 15 is 0 Å². The summed E-state index contributed by atoms with van der Waals surface area (Å²) in [6.45, 7) is 2.90. The molecule has 1 aromatic carbocycles. The van der Waals surface area contributed by atoms with Crippen LogP contribution in [0.5, 0.6) is 5.75 Å². The number of methoxy groups -OCH3 is 1. The number of nitrogens with one attached hydrogen (secondary N) is 1. The van der Waals surface area contributed by atoms with Gasteiger partial charge >= 0.3 is 0 Å². The highest BCUT2D eigenvalue weighted by Crippen LogP contribution is 2.13. The van der Waals surface area contributed by atoms with E-state index in [1.807, 2.05) is 24.3 Å². The Morgan fingerprint density at radius 1 is 1.25 bits per heavy atom. The molecular formula is C17H20N4O3. The highest BCUT2D eigenvalue weighted by molar-refractivity contribution is 5.92. The maximum absolute atomic E-state index is 12.4. The second-order valence-electron chi connectivity index (χ2n) is 5.37.